The van der Waals surface area contributed by atoms with Crippen molar-refractivity contribution in [3.05, 3.63) is 54.0 Å². The summed E-state index contributed by atoms with van der Waals surface area (Å²) in [5.41, 5.74) is 3.67. The Kier molecular flexibility index (Phi) is 2.52. The number of rotatable bonds is 3. The molecule has 90 valence electrons. The fourth-order valence-corrected chi connectivity index (χ4v) is 2.19. The molecule has 3 heterocycles. The van der Waals surface area contributed by atoms with Gasteiger partial charge in [0.15, 0.2) is 6.29 Å². The molecule has 0 atom stereocenters. The third-order valence-corrected chi connectivity index (χ3v) is 3.18. The average molecular weight is 239 g/mol. The maximum absolute atomic E-state index is 11.3. The fraction of sp³-hybridized carbons (Fsp3) is 0.133. The lowest BCUT2D eigenvalue weighted by molar-refractivity contribution is 0.111. The van der Waals surface area contributed by atoms with Gasteiger partial charge in [-0.1, -0.05) is 13.0 Å². The van der Waals surface area contributed by atoms with Gasteiger partial charge in [-0.25, -0.2) is 0 Å². The average Bonchev–Trinajstić information content (AvgIpc) is 3.04. The van der Waals surface area contributed by atoms with Crippen LogP contribution in [-0.4, -0.2) is 10.7 Å². The van der Waals surface area contributed by atoms with Gasteiger partial charge in [-0.3, -0.25) is 4.79 Å². The van der Waals surface area contributed by atoms with Crippen LogP contribution in [0.4, 0.5) is 0 Å². The van der Waals surface area contributed by atoms with Crippen LogP contribution in [0.1, 0.15) is 23.0 Å². The van der Waals surface area contributed by atoms with E-state index in [-0.39, 0.29) is 0 Å². The van der Waals surface area contributed by atoms with Crippen molar-refractivity contribution in [1.29, 1.82) is 0 Å². The summed E-state index contributed by atoms with van der Waals surface area (Å²) in [4.78, 5) is 11.3. The molecule has 3 aromatic rings. The minimum absolute atomic E-state index is 0.634. The molecule has 0 aliphatic heterocycles. The number of aromatic nitrogens is 1. The third kappa shape index (κ3) is 1.56. The SMILES string of the molecule is CCc1ccc2cc(-c3ccco3)c(C=O)n2c1. The van der Waals surface area contributed by atoms with Gasteiger partial charge in [0.25, 0.3) is 0 Å². The van der Waals surface area contributed by atoms with Crippen molar-refractivity contribution < 1.29 is 9.21 Å². The summed E-state index contributed by atoms with van der Waals surface area (Å²) in [6, 6.07) is 9.77. The van der Waals surface area contributed by atoms with Gasteiger partial charge in [-0.05, 0) is 36.2 Å². The third-order valence-electron chi connectivity index (χ3n) is 3.18. The van der Waals surface area contributed by atoms with E-state index in [1.165, 1.54) is 5.56 Å². The highest BCUT2D eigenvalue weighted by Gasteiger charge is 2.13. The Morgan fingerprint density at radius 1 is 1.33 bits per heavy atom. The van der Waals surface area contributed by atoms with Crippen LogP contribution in [0.2, 0.25) is 0 Å². The van der Waals surface area contributed by atoms with E-state index in [0.717, 1.165) is 29.5 Å². The molecule has 0 amide bonds. The van der Waals surface area contributed by atoms with E-state index in [9.17, 15) is 4.79 Å². The van der Waals surface area contributed by atoms with Crippen molar-refractivity contribution in [2.24, 2.45) is 0 Å². The predicted molar refractivity (Wildman–Crippen MR) is 69.9 cm³/mol. The summed E-state index contributed by atoms with van der Waals surface area (Å²) in [7, 11) is 0. The van der Waals surface area contributed by atoms with Gasteiger partial charge >= 0.3 is 0 Å². The molecule has 0 aliphatic rings. The lowest BCUT2D eigenvalue weighted by atomic mass is 10.2. The molecule has 0 bridgehead atoms. The molecule has 3 rings (SSSR count). The molecule has 0 N–H and O–H groups in total. The van der Waals surface area contributed by atoms with Crippen LogP contribution in [0, 0.1) is 0 Å². The number of carbonyl (C=O) groups excluding carboxylic acids is 1. The van der Waals surface area contributed by atoms with Crippen LogP contribution >= 0.6 is 0 Å². The Labute approximate surface area is 105 Å². The maximum Gasteiger partial charge on any atom is 0.167 e. The molecule has 0 saturated carbocycles. The topological polar surface area (TPSA) is 34.6 Å². The molecular weight excluding hydrogens is 226 g/mol. The first-order valence-corrected chi connectivity index (χ1v) is 5.96. The monoisotopic (exact) mass is 239 g/mol. The van der Waals surface area contributed by atoms with Crippen LogP contribution < -0.4 is 0 Å². The van der Waals surface area contributed by atoms with Gasteiger partial charge in [-0.15, -0.1) is 0 Å². The Hall–Kier alpha value is -2.29. The molecule has 0 spiro atoms. The van der Waals surface area contributed by atoms with Gasteiger partial charge in [0.1, 0.15) is 5.76 Å². The first-order valence-electron chi connectivity index (χ1n) is 5.96. The number of hydrogen-bond acceptors (Lipinski definition) is 2. The summed E-state index contributed by atoms with van der Waals surface area (Å²) in [5, 5.41) is 0. The first kappa shape index (κ1) is 10.8. The molecule has 0 saturated heterocycles. The minimum atomic E-state index is 0.634. The number of nitrogens with zero attached hydrogens (tertiary/aromatic N) is 1. The second kappa shape index (κ2) is 4.18. The Morgan fingerprint density at radius 2 is 2.22 bits per heavy atom. The van der Waals surface area contributed by atoms with Crippen LogP contribution in [0.25, 0.3) is 16.8 Å². The lowest BCUT2D eigenvalue weighted by Crippen LogP contribution is -1.94. The Bertz CT molecular complexity index is 693. The van der Waals surface area contributed by atoms with Crippen molar-refractivity contribution in [2.45, 2.75) is 13.3 Å². The van der Waals surface area contributed by atoms with E-state index in [2.05, 4.69) is 13.0 Å². The normalized spacial score (nSPS) is 10.9. The number of hydrogen-bond donors (Lipinski definition) is 0. The smallest absolute Gasteiger partial charge is 0.167 e. The number of pyridine rings is 1. The molecule has 3 heteroatoms. The van der Waals surface area contributed by atoms with E-state index in [1.54, 1.807) is 6.26 Å². The van der Waals surface area contributed by atoms with Crippen LogP contribution in [0.3, 0.4) is 0 Å². The molecule has 0 fully saturated rings. The van der Waals surface area contributed by atoms with Gasteiger partial charge in [0, 0.05) is 17.3 Å². The van der Waals surface area contributed by atoms with Crippen molar-refractivity contribution in [2.75, 3.05) is 0 Å². The second-order valence-corrected chi connectivity index (χ2v) is 4.22. The number of furan rings is 1. The van der Waals surface area contributed by atoms with Gasteiger partial charge in [-0.2, -0.15) is 0 Å². The zero-order valence-corrected chi connectivity index (χ0v) is 10.1. The van der Waals surface area contributed by atoms with Gasteiger partial charge < -0.3 is 8.82 Å². The maximum atomic E-state index is 11.3. The fourth-order valence-electron chi connectivity index (χ4n) is 2.19. The second-order valence-electron chi connectivity index (χ2n) is 4.22. The highest BCUT2D eigenvalue weighted by molar-refractivity contribution is 5.88. The highest BCUT2D eigenvalue weighted by atomic mass is 16.3. The number of fused-ring (bicyclic) bond motifs is 1. The lowest BCUT2D eigenvalue weighted by Gasteiger charge is -2.01. The molecular formula is C15H13NO2. The molecule has 3 nitrogen and oxygen atoms in total. The molecule has 3 aromatic heterocycles. The predicted octanol–water partition coefficient (Wildman–Crippen LogP) is 3.57. The van der Waals surface area contributed by atoms with Crippen LogP contribution in [0.5, 0.6) is 0 Å². The van der Waals surface area contributed by atoms with E-state index < -0.39 is 0 Å². The van der Waals surface area contributed by atoms with Crippen molar-refractivity contribution in [3.8, 4) is 11.3 Å². The minimum Gasteiger partial charge on any atom is -0.464 e. The summed E-state index contributed by atoms with van der Waals surface area (Å²) >= 11 is 0. The van der Waals surface area contributed by atoms with Gasteiger partial charge in [0.2, 0.25) is 0 Å². The molecule has 0 aliphatic carbocycles. The van der Waals surface area contributed by atoms with Crippen molar-refractivity contribution in [1.82, 2.24) is 4.40 Å². The molecule has 0 unspecified atom stereocenters. The Balaban J connectivity index is 2.30. The zero-order valence-electron chi connectivity index (χ0n) is 10.1. The van der Waals surface area contributed by atoms with Crippen molar-refractivity contribution >= 4 is 11.8 Å². The number of aldehydes is 1. The molecule has 0 aromatic carbocycles. The van der Waals surface area contributed by atoms with Crippen molar-refractivity contribution in [3.63, 3.8) is 0 Å². The summed E-state index contributed by atoms with van der Waals surface area (Å²) in [6.07, 6.45) is 5.45. The number of aryl methyl sites for hydroxylation is 1. The summed E-state index contributed by atoms with van der Waals surface area (Å²) < 4.78 is 7.30. The summed E-state index contributed by atoms with van der Waals surface area (Å²) in [5.74, 6) is 0.721. The van der Waals surface area contributed by atoms with E-state index in [4.69, 9.17) is 4.42 Å². The van der Waals surface area contributed by atoms with E-state index in [0.29, 0.717) is 5.69 Å². The van der Waals surface area contributed by atoms with E-state index in [1.807, 2.05) is 34.9 Å². The molecule has 0 radical (unpaired) electrons. The largest absolute Gasteiger partial charge is 0.464 e. The highest BCUT2D eigenvalue weighted by Crippen LogP contribution is 2.27. The first-order chi connectivity index (χ1) is 8.83. The zero-order chi connectivity index (χ0) is 12.5. The number of carbonyl (C=O) groups is 1. The molecule has 18 heavy (non-hydrogen) atoms. The Morgan fingerprint density at radius 3 is 2.89 bits per heavy atom. The van der Waals surface area contributed by atoms with Gasteiger partial charge in [0.05, 0.1) is 12.0 Å². The van der Waals surface area contributed by atoms with E-state index >= 15 is 0 Å². The standard InChI is InChI=1S/C15H13NO2/c1-2-11-5-6-12-8-13(15-4-3-7-18-15)14(10-17)16(12)9-11/h3-10H,2H2,1H3. The quantitative estimate of drug-likeness (QED) is 0.655. The van der Waals surface area contributed by atoms with Crippen LogP contribution in [0.15, 0.2) is 47.2 Å². The summed E-state index contributed by atoms with van der Waals surface area (Å²) in [6.45, 7) is 2.10. The van der Waals surface area contributed by atoms with Crippen LogP contribution in [-0.2, 0) is 6.42 Å².